The number of carbonyl (C=O) groups excluding carboxylic acids is 1. The van der Waals surface area contributed by atoms with E-state index in [0.717, 1.165) is 43.2 Å². The van der Waals surface area contributed by atoms with Crippen molar-refractivity contribution >= 4 is 11.6 Å². The van der Waals surface area contributed by atoms with E-state index in [2.05, 4.69) is 15.5 Å². The summed E-state index contributed by atoms with van der Waals surface area (Å²) in [4.78, 5) is 14.4. The van der Waals surface area contributed by atoms with E-state index in [-0.39, 0.29) is 17.3 Å². The molecule has 0 bridgehead atoms. The molecule has 1 saturated heterocycles. The van der Waals surface area contributed by atoms with Gasteiger partial charge in [-0.15, -0.1) is 0 Å². The van der Waals surface area contributed by atoms with E-state index in [0.29, 0.717) is 25.1 Å². The summed E-state index contributed by atoms with van der Waals surface area (Å²) in [6, 6.07) is 11.6. The van der Waals surface area contributed by atoms with E-state index in [9.17, 15) is 13.6 Å². The highest BCUT2D eigenvalue weighted by Crippen LogP contribution is 2.33. The molecule has 6 heteroatoms. The van der Waals surface area contributed by atoms with Crippen LogP contribution in [0, 0.1) is 11.6 Å². The molecule has 2 aromatic carbocycles. The van der Waals surface area contributed by atoms with Crippen molar-refractivity contribution in [3.63, 3.8) is 0 Å². The molecule has 0 aromatic heterocycles. The molecule has 1 fully saturated rings. The third kappa shape index (κ3) is 3.95. The van der Waals surface area contributed by atoms with Crippen molar-refractivity contribution in [1.82, 2.24) is 10.2 Å². The molecule has 4 rings (SSSR count). The summed E-state index contributed by atoms with van der Waals surface area (Å²) >= 11 is 0. The quantitative estimate of drug-likeness (QED) is 0.850. The molecular weight excluding hydrogens is 348 g/mol. The molecule has 4 nitrogen and oxygen atoms in total. The lowest BCUT2D eigenvalue weighted by atomic mass is 9.82. The van der Waals surface area contributed by atoms with Crippen molar-refractivity contribution in [2.75, 3.05) is 18.4 Å². The highest BCUT2D eigenvalue weighted by molar-refractivity contribution is 5.79. The van der Waals surface area contributed by atoms with Gasteiger partial charge in [0.25, 0.3) is 0 Å². The molecule has 0 saturated carbocycles. The predicted octanol–water partition coefficient (Wildman–Crippen LogP) is 3.43. The third-order valence-electron chi connectivity index (χ3n) is 5.61. The van der Waals surface area contributed by atoms with Crippen molar-refractivity contribution < 1.29 is 13.6 Å². The van der Waals surface area contributed by atoms with Gasteiger partial charge in [-0.2, -0.15) is 0 Å². The first-order valence-electron chi connectivity index (χ1n) is 9.32. The maximum atomic E-state index is 13.9. The topological polar surface area (TPSA) is 44.4 Å². The largest absolute Gasteiger partial charge is 0.379 e. The van der Waals surface area contributed by atoms with Gasteiger partial charge in [0.15, 0.2) is 0 Å². The summed E-state index contributed by atoms with van der Waals surface area (Å²) in [7, 11) is 0. The fraction of sp³-hybridized carbons (Fsp3) is 0.381. The number of halogens is 2. The molecule has 0 aliphatic carbocycles. The number of rotatable bonds is 2. The normalized spacial score (nSPS) is 19.6. The van der Waals surface area contributed by atoms with Gasteiger partial charge in [-0.3, -0.25) is 9.69 Å². The van der Waals surface area contributed by atoms with E-state index in [1.165, 1.54) is 12.1 Å². The van der Waals surface area contributed by atoms with Gasteiger partial charge in [0.05, 0.1) is 0 Å². The van der Waals surface area contributed by atoms with Gasteiger partial charge in [0, 0.05) is 49.4 Å². The molecule has 2 aliphatic rings. The number of carbonyl (C=O) groups is 1. The summed E-state index contributed by atoms with van der Waals surface area (Å²) in [5, 5.41) is 6.62. The Balaban J connectivity index is 1.48. The molecule has 2 aromatic rings. The minimum Gasteiger partial charge on any atom is -0.379 e. The lowest BCUT2D eigenvalue weighted by Crippen LogP contribution is -2.52. The Morgan fingerprint density at radius 1 is 1.07 bits per heavy atom. The first-order chi connectivity index (χ1) is 13.0. The second kappa shape index (κ2) is 7.27. The maximum absolute atomic E-state index is 13.9. The van der Waals surface area contributed by atoms with Crippen LogP contribution in [0.2, 0.25) is 0 Å². The second-order valence-corrected chi connectivity index (χ2v) is 7.53. The van der Waals surface area contributed by atoms with Crippen LogP contribution in [-0.4, -0.2) is 29.4 Å². The van der Waals surface area contributed by atoms with Crippen LogP contribution in [0.15, 0.2) is 42.5 Å². The van der Waals surface area contributed by atoms with Gasteiger partial charge in [0.2, 0.25) is 5.91 Å². The van der Waals surface area contributed by atoms with Crippen LogP contribution in [0.25, 0.3) is 0 Å². The predicted molar refractivity (Wildman–Crippen MR) is 100 cm³/mol. The minimum atomic E-state index is -0.421. The number of piperidine rings is 1. The van der Waals surface area contributed by atoms with Crippen LogP contribution < -0.4 is 10.6 Å². The number of para-hydroxylation sites is 1. The number of hydrogen-bond acceptors (Lipinski definition) is 3. The summed E-state index contributed by atoms with van der Waals surface area (Å²) < 4.78 is 27.3. The molecule has 0 atom stereocenters. The number of fused-ring (bicyclic) bond motifs is 1. The summed E-state index contributed by atoms with van der Waals surface area (Å²) in [5.41, 5.74) is 2.20. The highest BCUT2D eigenvalue weighted by Gasteiger charge is 2.38. The summed E-state index contributed by atoms with van der Waals surface area (Å²) in [6.45, 7) is 2.35. The van der Waals surface area contributed by atoms with Crippen molar-refractivity contribution in [2.45, 2.75) is 37.9 Å². The average molecular weight is 371 g/mol. The maximum Gasteiger partial charge on any atom is 0.222 e. The number of nitrogens with one attached hydrogen (secondary N) is 2. The number of nitrogens with zero attached hydrogens (tertiary/aromatic N) is 1. The molecular formula is C21H23F2N3O. The van der Waals surface area contributed by atoms with E-state index >= 15 is 0 Å². The fourth-order valence-electron chi connectivity index (χ4n) is 4.04. The molecule has 27 heavy (non-hydrogen) atoms. The lowest BCUT2D eigenvalue weighted by molar-refractivity contribution is -0.122. The molecule has 2 heterocycles. The van der Waals surface area contributed by atoms with Crippen LogP contribution in [-0.2, 0) is 17.9 Å². The second-order valence-electron chi connectivity index (χ2n) is 7.53. The fourth-order valence-corrected chi connectivity index (χ4v) is 4.04. The van der Waals surface area contributed by atoms with Gasteiger partial charge < -0.3 is 10.6 Å². The van der Waals surface area contributed by atoms with Crippen LogP contribution in [0.3, 0.4) is 0 Å². The Kier molecular flexibility index (Phi) is 4.83. The van der Waals surface area contributed by atoms with Crippen LogP contribution in [0.4, 0.5) is 14.5 Å². The third-order valence-corrected chi connectivity index (χ3v) is 5.61. The van der Waals surface area contributed by atoms with Crippen LogP contribution >= 0.6 is 0 Å². The first kappa shape index (κ1) is 17.9. The minimum absolute atomic E-state index is 0.0432. The standard InChI is InChI=1S/C21H23F2N3O/c22-17-5-6-18(23)16(11-17)14-26-9-7-21(8-10-26)12-20(27)24-13-15-3-1-2-4-19(15)25-21/h1-6,11,25H,7-10,12-14H2,(H,24,27). The van der Waals surface area contributed by atoms with Crippen LogP contribution in [0.1, 0.15) is 30.4 Å². The van der Waals surface area contributed by atoms with Gasteiger partial charge in [-0.1, -0.05) is 18.2 Å². The monoisotopic (exact) mass is 371 g/mol. The Morgan fingerprint density at radius 3 is 2.67 bits per heavy atom. The smallest absolute Gasteiger partial charge is 0.222 e. The molecule has 0 radical (unpaired) electrons. The van der Waals surface area contributed by atoms with Crippen molar-refractivity contribution in [2.24, 2.45) is 0 Å². The van der Waals surface area contributed by atoms with E-state index in [4.69, 9.17) is 0 Å². The van der Waals surface area contributed by atoms with Gasteiger partial charge in [-0.25, -0.2) is 8.78 Å². The molecule has 2 N–H and O–H groups in total. The average Bonchev–Trinajstić information content (AvgIpc) is 2.65. The zero-order valence-electron chi connectivity index (χ0n) is 15.1. The lowest BCUT2D eigenvalue weighted by Gasteiger charge is -2.44. The zero-order chi connectivity index (χ0) is 18.9. The van der Waals surface area contributed by atoms with Gasteiger partial charge in [-0.05, 0) is 42.7 Å². The van der Waals surface area contributed by atoms with Gasteiger partial charge >= 0.3 is 0 Å². The number of amides is 1. The van der Waals surface area contributed by atoms with E-state index in [1.807, 2.05) is 24.3 Å². The molecule has 1 amide bonds. The number of anilines is 1. The molecule has 0 unspecified atom stereocenters. The zero-order valence-corrected chi connectivity index (χ0v) is 15.1. The van der Waals surface area contributed by atoms with Crippen molar-refractivity contribution in [3.05, 3.63) is 65.2 Å². The Labute approximate surface area is 157 Å². The Bertz CT molecular complexity index is 847. The van der Waals surface area contributed by atoms with E-state index in [1.54, 1.807) is 0 Å². The highest BCUT2D eigenvalue weighted by atomic mass is 19.1. The molecule has 142 valence electrons. The first-order valence-corrected chi connectivity index (χ1v) is 9.32. The van der Waals surface area contributed by atoms with Gasteiger partial charge in [0.1, 0.15) is 11.6 Å². The van der Waals surface area contributed by atoms with Crippen molar-refractivity contribution in [3.8, 4) is 0 Å². The van der Waals surface area contributed by atoms with Crippen molar-refractivity contribution in [1.29, 1.82) is 0 Å². The number of benzene rings is 2. The number of likely N-dealkylation sites (tertiary alicyclic amines) is 1. The number of hydrogen-bond donors (Lipinski definition) is 2. The van der Waals surface area contributed by atoms with Crippen LogP contribution in [0.5, 0.6) is 0 Å². The molecule has 2 aliphatic heterocycles. The molecule has 1 spiro atoms. The Morgan fingerprint density at radius 2 is 1.85 bits per heavy atom. The summed E-state index contributed by atoms with van der Waals surface area (Å²) in [6.07, 6.45) is 1.96. The summed E-state index contributed by atoms with van der Waals surface area (Å²) in [5.74, 6) is -0.759. The Hall–Kier alpha value is -2.47. The SMILES string of the molecule is O=C1CC2(CCN(Cc3cc(F)ccc3F)CC2)Nc2ccccc2CN1. The van der Waals surface area contributed by atoms with E-state index < -0.39 is 5.82 Å².